The predicted octanol–water partition coefficient (Wildman–Crippen LogP) is 3.04. The Bertz CT molecular complexity index is 1240. The van der Waals surface area contributed by atoms with Crippen LogP contribution >= 0.6 is 0 Å². The third-order valence-corrected chi connectivity index (χ3v) is 4.33. The highest BCUT2D eigenvalue weighted by Gasteiger charge is 2.31. The lowest BCUT2D eigenvalue weighted by molar-refractivity contribution is -0.274. The molecular weight excluding hydrogens is 419 g/mol. The topological polar surface area (TPSA) is 108 Å². The lowest BCUT2D eigenvalue weighted by Gasteiger charge is -2.11. The van der Waals surface area contributed by atoms with Crippen molar-refractivity contribution in [1.29, 1.82) is 0 Å². The number of hydrogen-bond acceptors (Lipinski definition) is 7. The van der Waals surface area contributed by atoms with E-state index < -0.39 is 12.1 Å². The monoisotopic (exact) mass is 435 g/mol. The highest BCUT2D eigenvalue weighted by atomic mass is 19.4. The molecule has 4 rings (SSSR count). The molecule has 0 fully saturated rings. The molecule has 31 heavy (non-hydrogen) atoms. The first-order valence-electron chi connectivity index (χ1n) is 9.11. The van der Waals surface area contributed by atoms with Crippen molar-refractivity contribution in [2.75, 3.05) is 6.61 Å². The van der Waals surface area contributed by atoms with E-state index in [1.54, 1.807) is 19.2 Å². The fraction of sp³-hybridized carbons (Fsp3) is 0.263. The first-order valence-corrected chi connectivity index (χ1v) is 9.11. The average Bonchev–Trinajstić information content (AvgIpc) is 3.30. The average molecular weight is 435 g/mol. The number of nitrogens with one attached hydrogen (secondary N) is 1. The number of aromatic amines is 1. The Morgan fingerprint density at radius 1 is 1.19 bits per heavy atom. The van der Waals surface area contributed by atoms with E-state index in [-0.39, 0.29) is 12.4 Å². The Kier molecular flexibility index (Phi) is 5.46. The van der Waals surface area contributed by atoms with Crippen molar-refractivity contribution >= 4 is 5.65 Å². The van der Waals surface area contributed by atoms with E-state index in [2.05, 4.69) is 25.1 Å². The van der Waals surface area contributed by atoms with E-state index in [0.717, 1.165) is 5.56 Å². The number of aryl methyl sites for hydroxylation is 1. The summed E-state index contributed by atoms with van der Waals surface area (Å²) >= 11 is 0. The van der Waals surface area contributed by atoms with Crippen LogP contribution in [0.2, 0.25) is 0 Å². The minimum atomic E-state index is -4.77. The standard InChI is InChI=1S/C19H16F3N5O4/c1-11-23-16(26-31-11)10-29-7-6-13-8-14(9-27-17(13)24-25-18(27)28)12-2-4-15(5-3-12)30-19(20,21)22/h2-5,8-9H,6-7,10H2,1H3,(H,25,28). The zero-order valence-electron chi connectivity index (χ0n) is 16.1. The number of alkyl halides is 3. The number of pyridine rings is 1. The van der Waals surface area contributed by atoms with Crippen molar-refractivity contribution < 1.29 is 27.2 Å². The Morgan fingerprint density at radius 2 is 1.97 bits per heavy atom. The SMILES string of the molecule is Cc1nc(COCCc2cc(-c3ccc(OC(F)(F)F)cc3)cn3c(=O)[nH]nc23)no1. The summed E-state index contributed by atoms with van der Waals surface area (Å²) in [6.45, 7) is 2.14. The highest BCUT2D eigenvalue weighted by molar-refractivity contribution is 5.67. The van der Waals surface area contributed by atoms with E-state index >= 15 is 0 Å². The van der Waals surface area contributed by atoms with E-state index in [1.807, 2.05) is 0 Å². The molecule has 3 heterocycles. The zero-order valence-corrected chi connectivity index (χ0v) is 16.1. The van der Waals surface area contributed by atoms with Gasteiger partial charge in [0.25, 0.3) is 0 Å². The first kappa shape index (κ1) is 20.6. The van der Waals surface area contributed by atoms with Crippen molar-refractivity contribution in [3.63, 3.8) is 0 Å². The van der Waals surface area contributed by atoms with Gasteiger partial charge in [0.1, 0.15) is 12.4 Å². The second-order valence-corrected chi connectivity index (χ2v) is 6.58. The summed E-state index contributed by atoms with van der Waals surface area (Å²) in [7, 11) is 0. The molecule has 0 atom stereocenters. The molecule has 1 aromatic carbocycles. The lowest BCUT2D eigenvalue weighted by atomic mass is 10.0. The van der Waals surface area contributed by atoms with Crippen LogP contribution in [0.1, 0.15) is 17.3 Å². The molecule has 9 nitrogen and oxygen atoms in total. The molecular formula is C19H16F3N5O4. The van der Waals surface area contributed by atoms with Gasteiger partial charge in [-0.2, -0.15) is 10.1 Å². The smallest absolute Gasteiger partial charge is 0.406 e. The number of nitrogens with zero attached hydrogens (tertiary/aromatic N) is 4. The molecule has 0 aliphatic rings. The van der Waals surface area contributed by atoms with Crippen LogP contribution in [0, 0.1) is 6.92 Å². The summed E-state index contributed by atoms with van der Waals surface area (Å²) in [6, 6.07) is 7.18. The van der Waals surface area contributed by atoms with Gasteiger partial charge >= 0.3 is 12.1 Å². The van der Waals surface area contributed by atoms with Gasteiger partial charge in [-0.05, 0) is 35.7 Å². The Morgan fingerprint density at radius 3 is 2.65 bits per heavy atom. The maximum Gasteiger partial charge on any atom is 0.573 e. The maximum absolute atomic E-state index is 12.4. The van der Waals surface area contributed by atoms with Gasteiger partial charge in [-0.1, -0.05) is 17.3 Å². The molecule has 0 radical (unpaired) electrons. The number of aromatic nitrogens is 5. The normalized spacial score (nSPS) is 11.9. The number of H-pyrrole nitrogens is 1. The van der Waals surface area contributed by atoms with Gasteiger partial charge in [-0.25, -0.2) is 14.3 Å². The van der Waals surface area contributed by atoms with Crippen molar-refractivity contribution in [1.82, 2.24) is 24.7 Å². The summed E-state index contributed by atoms with van der Waals surface area (Å²) in [4.78, 5) is 16.1. The van der Waals surface area contributed by atoms with Crippen molar-refractivity contribution in [3.05, 3.63) is 64.3 Å². The number of benzene rings is 1. The van der Waals surface area contributed by atoms with Gasteiger partial charge < -0.3 is 14.0 Å². The molecule has 0 amide bonds. The van der Waals surface area contributed by atoms with E-state index in [1.165, 1.54) is 28.7 Å². The van der Waals surface area contributed by atoms with Crippen LogP contribution in [-0.4, -0.2) is 37.7 Å². The third kappa shape index (κ3) is 4.91. The minimum Gasteiger partial charge on any atom is -0.406 e. The molecule has 4 aromatic rings. The number of ether oxygens (including phenoxy) is 2. The molecule has 12 heteroatoms. The van der Waals surface area contributed by atoms with Gasteiger partial charge in [-0.3, -0.25) is 0 Å². The Balaban J connectivity index is 1.54. The largest absolute Gasteiger partial charge is 0.573 e. The molecule has 0 saturated carbocycles. The quantitative estimate of drug-likeness (QED) is 0.445. The predicted molar refractivity (Wildman–Crippen MR) is 100 cm³/mol. The van der Waals surface area contributed by atoms with Gasteiger partial charge in [0.2, 0.25) is 5.89 Å². The van der Waals surface area contributed by atoms with Gasteiger partial charge in [0, 0.05) is 18.7 Å². The van der Waals surface area contributed by atoms with Crippen LogP contribution in [0.15, 0.2) is 45.8 Å². The van der Waals surface area contributed by atoms with Crippen molar-refractivity contribution in [3.8, 4) is 16.9 Å². The Labute approximate surface area is 172 Å². The van der Waals surface area contributed by atoms with Gasteiger partial charge in [0.05, 0.1) is 6.61 Å². The lowest BCUT2D eigenvalue weighted by Crippen LogP contribution is -2.16. The second-order valence-electron chi connectivity index (χ2n) is 6.58. The van der Waals surface area contributed by atoms with Crippen LogP contribution in [-0.2, 0) is 17.8 Å². The number of halogens is 3. The van der Waals surface area contributed by atoms with Crippen LogP contribution < -0.4 is 10.4 Å². The molecule has 0 bridgehead atoms. The second kappa shape index (κ2) is 8.22. The number of fused-ring (bicyclic) bond motifs is 1. The summed E-state index contributed by atoms with van der Waals surface area (Å²) in [5.41, 5.74) is 1.95. The molecule has 3 aromatic heterocycles. The summed E-state index contributed by atoms with van der Waals surface area (Å²) in [5.74, 6) is 0.534. The fourth-order valence-corrected chi connectivity index (χ4v) is 3.02. The summed E-state index contributed by atoms with van der Waals surface area (Å²) < 4.78 is 52.8. The first-order chi connectivity index (χ1) is 14.8. The zero-order chi connectivity index (χ0) is 22.0. The van der Waals surface area contributed by atoms with Gasteiger partial charge in [-0.15, -0.1) is 13.2 Å². The molecule has 0 aliphatic heterocycles. The van der Waals surface area contributed by atoms with Crippen molar-refractivity contribution in [2.45, 2.75) is 26.3 Å². The molecule has 0 saturated heterocycles. The van der Waals surface area contributed by atoms with Crippen LogP contribution in [0.3, 0.4) is 0 Å². The van der Waals surface area contributed by atoms with Crippen LogP contribution in [0.25, 0.3) is 16.8 Å². The fourth-order valence-electron chi connectivity index (χ4n) is 3.02. The Hall–Kier alpha value is -3.67. The van der Waals surface area contributed by atoms with E-state index in [9.17, 15) is 18.0 Å². The molecule has 162 valence electrons. The molecule has 1 N–H and O–H groups in total. The van der Waals surface area contributed by atoms with Crippen molar-refractivity contribution in [2.24, 2.45) is 0 Å². The maximum atomic E-state index is 12.4. The van der Waals surface area contributed by atoms with E-state index in [4.69, 9.17) is 9.26 Å². The minimum absolute atomic E-state index is 0.168. The highest BCUT2D eigenvalue weighted by Crippen LogP contribution is 2.27. The number of rotatable bonds is 7. The van der Waals surface area contributed by atoms with Crippen LogP contribution in [0.4, 0.5) is 13.2 Å². The van der Waals surface area contributed by atoms with E-state index in [0.29, 0.717) is 41.5 Å². The molecule has 0 spiro atoms. The molecule has 0 unspecified atom stereocenters. The third-order valence-electron chi connectivity index (χ3n) is 4.33. The summed E-state index contributed by atoms with van der Waals surface area (Å²) in [6.07, 6.45) is -2.78. The van der Waals surface area contributed by atoms with Crippen LogP contribution in [0.5, 0.6) is 5.75 Å². The van der Waals surface area contributed by atoms with Gasteiger partial charge in [0.15, 0.2) is 11.5 Å². The number of hydrogen-bond donors (Lipinski definition) is 1. The summed E-state index contributed by atoms with van der Waals surface area (Å²) in [5, 5.41) is 10.2. The molecule has 0 aliphatic carbocycles.